The van der Waals surface area contributed by atoms with Crippen molar-refractivity contribution in [1.29, 1.82) is 0 Å². The number of aromatic nitrogens is 1. The Kier molecular flexibility index (Phi) is 4.21. The molecule has 0 aliphatic rings. The van der Waals surface area contributed by atoms with Crippen LogP contribution in [0.3, 0.4) is 0 Å². The average Bonchev–Trinajstić information content (AvgIpc) is 2.59. The fourth-order valence-electron chi connectivity index (χ4n) is 0.910. The molecule has 0 saturated heterocycles. The molecule has 0 amide bonds. The second kappa shape index (κ2) is 5.24. The van der Waals surface area contributed by atoms with Gasteiger partial charge in [0.2, 0.25) is 0 Å². The van der Waals surface area contributed by atoms with Crippen molar-refractivity contribution < 1.29 is 5.11 Å². The zero-order valence-electron chi connectivity index (χ0n) is 7.16. The van der Waals surface area contributed by atoms with E-state index < -0.39 is 0 Å². The number of nitrogens with one attached hydrogen (secondary N) is 1. The van der Waals surface area contributed by atoms with Gasteiger partial charge in [0.25, 0.3) is 0 Å². The van der Waals surface area contributed by atoms with Crippen molar-refractivity contribution in [2.24, 2.45) is 0 Å². The monoisotopic (exact) mass is 186 g/mol. The second-order valence-corrected chi connectivity index (χ2v) is 3.57. The highest BCUT2D eigenvalue weighted by Crippen LogP contribution is 2.03. The van der Waals surface area contributed by atoms with Gasteiger partial charge in [-0.1, -0.05) is 6.92 Å². The van der Waals surface area contributed by atoms with Gasteiger partial charge in [-0.25, -0.2) is 4.98 Å². The summed E-state index contributed by atoms with van der Waals surface area (Å²) in [5.41, 5.74) is 0. The van der Waals surface area contributed by atoms with Gasteiger partial charge in [-0.3, -0.25) is 0 Å². The summed E-state index contributed by atoms with van der Waals surface area (Å²) in [5, 5.41) is 15.1. The third-order valence-corrected chi connectivity index (χ3v) is 2.52. The van der Waals surface area contributed by atoms with E-state index in [-0.39, 0.29) is 12.6 Å². The highest BCUT2D eigenvalue weighted by molar-refractivity contribution is 7.09. The first-order chi connectivity index (χ1) is 5.86. The number of hydrogen-bond acceptors (Lipinski definition) is 4. The van der Waals surface area contributed by atoms with E-state index in [1.165, 1.54) is 0 Å². The van der Waals surface area contributed by atoms with Crippen molar-refractivity contribution >= 4 is 11.3 Å². The van der Waals surface area contributed by atoms with Crippen molar-refractivity contribution in [2.75, 3.05) is 6.61 Å². The minimum atomic E-state index is 0.196. The van der Waals surface area contributed by atoms with Gasteiger partial charge in [0.1, 0.15) is 5.01 Å². The van der Waals surface area contributed by atoms with E-state index >= 15 is 0 Å². The molecule has 1 heterocycles. The molecule has 12 heavy (non-hydrogen) atoms. The Morgan fingerprint density at radius 1 is 1.75 bits per heavy atom. The largest absolute Gasteiger partial charge is 0.395 e. The number of hydrogen-bond donors (Lipinski definition) is 2. The van der Waals surface area contributed by atoms with Crippen molar-refractivity contribution in [2.45, 2.75) is 25.9 Å². The Labute approximate surface area is 76.5 Å². The van der Waals surface area contributed by atoms with Crippen molar-refractivity contribution in [3.8, 4) is 0 Å². The molecule has 0 spiro atoms. The Bertz CT molecular complexity index is 197. The molecular formula is C8H14N2OS. The number of aliphatic hydroxyl groups is 1. The lowest BCUT2D eigenvalue weighted by molar-refractivity contribution is 0.238. The van der Waals surface area contributed by atoms with Gasteiger partial charge in [0, 0.05) is 24.2 Å². The lowest BCUT2D eigenvalue weighted by Gasteiger charge is -2.11. The van der Waals surface area contributed by atoms with Crippen LogP contribution in [0.25, 0.3) is 0 Å². The summed E-state index contributed by atoms with van der Waals surface area (Å²) >= 11 is 1.63. The van der Waals surface area contributed by atoms with E-state index in [9.17, 15) is 0 Å². The summed E-state index contributed by atoms with van der Waals surface area (Å²) in [7, 11) is 0. The maximum Gasteiger partial charge on any atom is 0.106 e. The summed E-state index contributed by atoms with van der Waals surface area (Å²) in [4.78, 5) is 4.13. The van der Waals surface area contributed by atoms with Gasteiger partial charge in [-0.05, 0) is 6.42 Å². The van der Waals surface area contributed by atoms with Gasteiger partial charge >= 0.3 is 0 Å². The fraction of sp³-hybridized carbons (Fsp3) is 0.625. The zero-order chi connectivity index (χ0) is 8.81. The van der Waals surface area contributed by atoms with Crippen LogP contribution in [-0.4, -0.2) is 22.7 Å². The number of nitrogens with zero attached hydrogens (tertiary/aromatic N) is 1. The molecule has 1 aromatic heterocycles. The Balaban J connectivity index is 2.25. The molecule has 2 N–H and O–H groups in total. The van der Waals surface area contributed by atoms with E-state index in [1.54, 1.807) is 17.5 Å². The van der Waals surface area contributed by atoms with E-state index in [0.717, 1.165) is 18.0 Å². The van der Waals surface area contributed by atoms with Crippen molar-refractivity contribution in [3.63, 3.8) is 0 Å². The first-order valence-corrected chi connectivity index (χ1v) is 4.97. The van der Waals surface area contributed by atoms with E-state index in [0.29, 0.717) is 0 Å². The molecule has 1 atom stereocenters. The molecule has 0 radical (unpaired) electrons. The first-order valence-electron chi connectivity index (χ1n) is 4.09. The topological polar surface area (TPSA) is 45.1 Å². The third kappa shape index (κ3) is 2.89. The zero-order valence-corrected chi connectivity index (χ0v) is 7.97. The van der Waals surface area contributed by atoms with Gasteiger partial charge in [-0.2, -0.15) is 0 Å². The molecule has 0 aromatic carbocycles. The number of thiazole rings is 1. The molecule has 0 bridgehead atoms. The van der Waals surface area contributed by atoms with Gasteiger partial charge in [-0.15, -0.1) is 11.3 Å². The Morgan fingerprint density at radius 2 is 2.58 bits per heavy atom. The molecule has 0 aliphatic carbocycles. The summed E-state index contributed by atoms with van der Waals surface area (Å²) in [6, 6.07) is 0.203. The quantitative estimate of drug-likeness (QED) is 0.721. The van der Waals surface area contributed by atoms with E-state index in [1.807, 2.05) is 5.38 Å². The third-order valence-electron chi connectivity index (χ3n) is 1.74. The molecular weight excluding hydrogens is 172 g/mol. The average molecular weight is 186 g/mol. The van der Waals surface area contributed by atoms with Crippen LogP contribution >= 0.6 is 11.3 Å². The van der Waals surface area contributed by atoms with Crippen molar-refractivity contribution in [3.05, 3.63) is 16.6 Å². The van der Waals surface area contributed by atoms with Crippen LogP contribution in [0, 0.1) is 0 Å². The van der Waals surface area contributed by atoms with Crippen LogP contribution in [0.4, 0.5) is 0 Å². The molecule has 0 saturated carbocycles. The predicted octanol–water partition coefficient (Wildman–Crippen LogP) is 1.00. The van der Waals surface area contributed by atoms with Crippen LogP contribution < -0.4 is 5.32 Å². The summed E-state index contributed by atoms with van der Waals surface area (Å²) < 4.78 is 0. The molecule has 68 valence electrons. The van der Waals surface area contributed by atoms with Crippen LogP contribution in [0.1, 0.15) is 18.4 Å². The standard InChI is InChI=1S/C8H14N2OS/c1-2-7(6-11)10-5-8-9-3-4-12-8/h3-4,7,10-11H,2,5-6H2,1H3. The fourth-order valence-corrected chi connectivity index (χ4v) is 1.48. The lowest BCUT2D eigenvalue weighted by atomic mass is 10.2. The number of aliphatic hydroxyl groups excluding tert-OH is 1. The molecule has 1 rings (SSSR count). The predicted molar refractivity (Wildman–Crippen MR) is 50.1 cm³/mol. The molecule has 1 unspecified atom stereocenters. The van der Waals surface area contributed by atoms with E-state index in [4.69, 9.17) is 5.11 Å². The van der Waals surface area contributed by atoms with Crippen LogP contribution in [-0.2, 0) is 6.54 Å². The summed E-state index contributed by atoms with van der Waals surface area (Å²) in [5.74, 6) is 0. The Morgan fingerprint density at radius 3 is 3.08 bits per heavy atom. The smallest absolute Gasteiger partial charge is 0.106 e. The lowest BCUT2D eigenvalue weighted by Crippen LogP contribution is -2.31. The minimum Gasteiger partial charge on any atom is -0.395 e. The first kappa shape index (κ1) is 9.64. The van der Waals surface area contributed by atoms with Crippen LogP contribution in [0.15, 0.2) is 11.6 Å². The molecule has 3 nitrogen and oxygen atoms in total. The highest BCUT2D eigenvalue weighted by Gasteiger charge is 2.03. The maximum absolute atomic E-state index is 8.88. The highest BCUT2D eigenvalue weighted by atomic mass is 32.1. The molecule has 1 aromatic rings. The second-order valence-electron chi connectivity index (χ2n) is 2.59. The number of rotatable bonds is 5. The SMILES string of the molecule is CCC(CO)NCc1nccs1. The van der Waals surface area contributed by atoms with Gasteiger partial charge in [0.15, 0.2) is 0 Å². The van der Waals surface area contributed by atoms with Crippen LogP contribution in [0.5, 0.6) is 0 Å². The minimum absolute atomic E-state index is 0.196. The van der Waals surface area contributed by atoms with E-state index in [2.05, 4.69) is 17.2 Å². The molecule has 4 heteroatoms. The Hall–Kier alpha value is -0.450. The van der Waals surface area contributed by atoms with Gasteiger partial charge in [0.05, 0.1) is 6.61 Å². The maximum atomic E-state index is 8.88. The van der Waals surface area contributed by atoms with Crippen LogP contribution in [0.2, 0.25) is 0 Å². The van der Waals surface area contributed by atoms with Gasteiger partial charge < -0.3 is 10.4 Å². The summed E-state index contributed by atoms with van der Waals surface area (Å²) in [6.07, 6.45) is 2.74. The molecule has 0 aliphatic heterocycles. The summed E-state index contributed by atoms with van der Waals surface area (Å²) in [6.45, 7) is 3.01. The normalized spacial score (nSPS) is 13.2. The molecule has 0 fully saturated rings. The van der Waals surface area contributed by atoms with Crippen molar-refractivity contribution in [1.82, 2.24) is 10.3 Å².